The second kappa shape index (κ2) is 9.03. The number of nitrogen functional groups attached to an aromatic ring is 1. The summed E-state index contributed by atoms with van der Waals surface area (Å²) in [6.45, 7) is 4.12. The molecule has 2 aromatic heterocycles. The van der Waals surface area contributed by atoms with E-state index in [1.165, 1.54) is 0 Å². The first kappa shape index (κ1) is 25.0. The number of fused-ring (bicyclic) bond motifs is 1. The van der Waals surface area contributed by atoms with Crippen LogP contribution in [0.5, 0.6) is 0 Å². The van der Waals surface area contributed by atoms with Gasteiger partial charge in [-0.2, -0.15) is 18.2 Å². The molecule has 36 heavy (non-hydrogen) atoms. The second-order valence-electron chi connectivity index (χ2n) is 9.83. The third-order valence-corrected chi connectivity index (χ3v) is 8.37. The Kier molecular flexibility index (Phi) is 6.28. The summed E-state index contributed by atoms with van der Waals surface area (Å²) in [6.07, 6.45) is -2.17. The van der Waals surface area contributed by atoms with Crippen LogP contribution in [0, 0.1) is 5.41 Å². The number of benzene rings is 1. The Balaban J connectivity index is 1.27. The van der Waals surface area contributed by atoms with Crippen molar-refractivity contribution < 1.29 is 21.6 Å². The number of likely N-dealkylation sites (tertiary alicyclic amines) is 1. The average Bonchev–Trinajstić information content (AvgIpc) is 3.45. The highest BCUT2D eigenvalue weighted by Gasteiger charge is 2.44. The standard InChI is InChI=1S/C23H27F3N6O2S2/c1-36(33,34)30-16-4-2-15(3-5-16)12-31-8-6-22(13-31)7-9-32(14-22)19-18-10-17(11-23(24,25)26)35-20(18)29-21(27)28-19/h2-5,10,30H,6-9,11-14H2,1H3,(H2,27,28,29). The Morgan fingerprint density at radius 3 is 2.56 bits per heavy atom. The zero-order chi connectivity index (χ0) is 25.7. The van der Waals surface area contributed by atoms with Gasteiger partial charge in [0.25, 0.3) is 0 Å². The fourth-order valence-electron chi connectivity index (χ4n) is 5.26. The maximum Gasteiger partial charge on any atom is 0.393 e. The van der Waals surface area contributed by atoms with E-state index in [0.717, 1.165) is 68.7 Å². The number of halogens is 3. The molecule has 4 heterocycles. The number of hydrogen-bond acceptors (Lipinski definition) is 8. The first-order chi connectivity index (χ1) is 16.9. The first-order valence-electron chi connectivity index (χ1n) is 11.5. The lowest BCUT2D eigenvalue weighted by atomic mass is 9.86. The third-order valence-electron chi connectivity index (χ3n) is 6.73. The molecule has 0 aliphatic carbocycles. The second-order valence-corrected chi connectivity index (χ2v) is 12.7. The van der Waals surface area contributed by atoms with Crippen molar-refractivity contribution in [2.45, 2.75) is 32.0 Å². The molecule has 3 N–H and O–H groups in total. The molecular formula is C23H27F3N6O2S2. The number of hydrogen-bond donors (Lipinski definition) is 2. The summed E-state index contributed by atoms with van der Waals surface area (Å²) < 4.78 is 64.1. The molecule has 1 aromatic carbocycles. The first-order valence-corrected chi connectivity index (χ1v) is 14.2. The van der Waals surface area contributed by atoms with Crippen molar-refractivity contribution >= 4 is 49.0 Å². The summed E-state index contributed by atoms with van der Waals surface area (Å²) in [4.78, 5) is 13.8. The van der Waals surface area contributed by atoms with Gasteiger partial charge in [-0.25, -0.2) is 13.4 Å². The summed E-state index contributed by atoms with van der Waals surface area (Å²) in [5.41, 5.74) is 7.63. The molecule has 2 fully saturated rings. The average molecular weight is 541 g/mol. The van der Waals surface area contributed by atoms with Crippen molar-refractivity contribution in [1.82, 2.24) is 14.9 Å². The molecule has 0 radical (unpaired) electrons. The zero-order valence-corrected chi connectivity index (χ0v) is 21.3. The Hall–Kier alpha value is -2.64. The van der Waals surface area contributed by atoms with Gasteiger partial charge < -0.3 is 10.6 Å². The minimum absolute atomic E-state index is 0.0701. The molecule has 194 valence electrons. The van der Waals surface area contributed by atoms with E-state index in [1.807, 2.05) is 12.1 Å². The van der Waals surface area contributed by atoms with Gasteiger partial charge in [-0.3, -0.25) is 9.62 Å². The van der Waals surface area contributed by atoms with Crippen LogP contribution in [0.2, 0.25) is 0 Å². The Bertz CT molecular complexity index is 1380. The van der Waals surface area contributed by atoms with Crippen molar-refractivity contribution in [2.24, 2.45) is 5.41 Å². The fourth-order valence-corrected chi connectivity index (χ4v) is 6.88. The molecule has 2 aliphatic rings. The maximum atomic E-state index is 12.9. The van der Waals surface area contributed by atoms with Gasteiger partial charge in [0.2, 0.25) is 16.0 Å². The molecular weight excluding hydrogens is 513 g/mol. The number of alkyl halides is 3. The molecule has 0 amide bonds. The van der Waals surface area contributed by atoms with Crippen LogP contribution >= 0.6 is 11.3 Å². The summed E-state index contributed by atoms with van der Waals surface area (Å²) in [5.74, 6) is 0.687. The number of sulfonamides is 1. The predicted molar refractivity (Wildman–Crippen MR) is 136 cm³/mol. The van der Waals surface area contributed by atoms with Gasteiger partial charge in [-0.1, -0.05) is 12.1 Å². The number of nitrogens with one attached hydrogen (secondary N) is 1. The van der Waals surface area contributed by atoms with Gasteiger partial charge >= 0.3 is 6.18 Å². The highest BCUT2D eigenvalue weighted by Crippen LogP contribution is 2.43. The minimum Gasteiger partial charge on any atom is -0.368 e. The van der Waals surface area contributed by atoms with Gasteiger partial charge in [0.1, 0.15) is 10.6 Å². The van der Waals surface area contributed by atoms with E-state index in [1.54, 1.807) is 18.2 Å². The van der Waals surface area contributed by atoms with Gasteiger partial charge in [-0.15, -0.1) is 11.3 Å². The molecule has 2 aliphatic heterocycles. The van der Waals surface area contributed by atoms with E-state index < -0.39 is 22.6 Å². The number of rotatable bonds is 6. The summed E-state index contributed by atoms with van der Waals surface area (Å²) in [5, 5.41) is 0.628. The van der Waals surface area contributed by atoms with E-state index in [-0.39, 0.29) is 16.2 Å². The monoisotopic (exact) mass is 540 g/mol. The van der Waals surface area contributed by atoms with E-state index in [2.05, 4.69) is 24.5 Å². The predicted octanol–water partition coefficient (Wildman–Crippen LogP) is 3.85. The molecule has 2 saturated heterocycles. The maximum absolute atomic E-state index is 12.9. The molecule has 1 spiro atoms. The van der Waals surface area contributed by atoms with Crippen molar-refractivity contribution in [3.63, 3.8) is 0 Å². The third kappa shape index (κ3) is 5.68. The number of nitrogens with two attached hydrogens (primary N) is 1. The largest absolute Gasteiger partial charge is 0.393 e. The lowest BCUT2D eigenvalue weighted by molar-refractivity contribution is -0.126. The highest BCUT2D eigenvalue weighted by molar-refractivity contribution is 7.92. The molecule has 0 saturated carbocycles. The molecule has 1 atom stereocenters. The highest BCUT2D eigenvalue weighted by atomic mass is 32.2. The Morgan fingerprint density at radius 2 is 1.86 bits per heavy atom. The van der Waals surface area contributed by atoms with Crippen LogP contribution < -0.4 is 15.4 Å². The van der Waals surface area contributed by atoms with E-state index in [9.17, 15) is 21.6 Å². The molecule has 5 rings (SSSR count). The van der Waals surface area contributed by atoms with Gasteiger partial charge in [0.05, 0.1) is 18.1 Å². The van der Waals surface area contributed by atoms with Crippen molar-refractivity contribution in [1.29, 1.82) is 0 Å². The van der Waals surface area contributed by atoms with E-state index in [0.29, 0.717) is 21.7 Å². The van der Waals surface area contributed by atoms with Crippen LogP contribution in [0.25, 0.3) is 10.2 Å². The summed E-state index contributed by atoms with van der Waals surface area (Å²) in [7, 11) is -3.31. The van der Waals surface area contributed by atoms with Crippen LogP contribution in [0.4, 0.5) is 30.6 Å². The normalized spacial score (nSPS) is 21.2. The quantitative estimate of drug-likeness (QED) is 0.489. The molecule has 0 bridgehead atoms. The summed E-state index contributed by atoms with van der Waals surface area (Å²) in [6, 6.07) is 8.93. The number of anilines is 3. The molecule has 13 heteroatoms. The fraction of sp³-hybridized carbons (Fsp3) is 0.478. The summed E-state index contributed by atoms with van der Waals surface area (Å²) >= 11 is 1.02. The van der Waals surface area contributed by atoms with Crippen LogP contribution in [-0.2, 0) is 23.0 Å². The van der Waals surface area contributed by atoms with Crippen LogP contribution in [0.15, 0.2) is 30.3 Å². The van der Waals surface area contributed by atoms with E-state index >= 15 is 0 Å². The van der Waals surface area contributed by atoms with Crippen LogP contribution in [0.3, 0.4) is 0 Å². The topological polar surface area (TPSA) is 104 Å². The minimum atomic E-state index is -4.28. The molecule has 3 aromatic rings. The lowest BCUT2D eigenvalue weighted by Crippen LogP contribution is -2.31. The Labute approximate surface area is 211 Å². The van der Waals surface area contributed by atoms with Crippen molar-refractivity contribution in [3.05, 3.63) is 40.8 Å². The Morgan fingerprint density at radius 1 is 1.14 bits per heavy atom. The number of thiophene rings is 1. The van der Waals surface area contributed by atoms with Crippen molar-refractivity contribution in [3.8, 4) is 0 Å². The van der Waals surface area contributed by atoms with Crippen LogP contribution in [0.1, 0.15) is 23.3 Å². The molecule has 1 unspecified atom stereocenters. The number of nitrogens with zero attached hydrogens (tertiary/aromatic N) is 4. The lowest BCUT2D eigenvalue weighted by Gasteiger charge is -2.25. The van der Waals surface area contributed by atoms with E-state index in [4.69, 9.17) is 5.73 Å². The van der Waals surface area contributed by atoms with Gasteiger partial charge in [-0.05, 0) is 43.1 Å². The smallest absolute Gasteiger partial charge is 0.368 e. The zero-order valence-electron chi connectivity index (χ0n) is 19.7. The van der Waals surface area contributed by atoms with Crippen molar-refractivity contribution in [2.75, 3.05) is 47.8 Å². The molecule has 8 nitrogen and oxygen atoms in total. The SMILES string of the molecule is CS(=O)(=O)Nc1ccc(CN2CCC3(CCN(c4nc(N)nc5sc(CC(F)(F)F)cc45)C3)C2)cc1. The van der Waals surface area contributed by atoms with Gasteiger partial charge in [0, 0.05) is 42.2 Å². The van der Waals surface area contributed by atoms with Gasteiger partial charge in [0.15, 0.2) is 0 Å². The number of aromatic nitrogens is 2. The van der Waals surface area contributed by atoms with Crippen LogP contribution in [-0.4, -0.2) is 61.9 Å².